The summed E-state index contributed by atoms with van der Waals surface area (Å²) in [5.74, 6) is -1.36. The summed E-state index contributed by atoms with van der Waals surface area (Å²) < 4.78 is 15.4. The van der Waals surface area contributed by atoms with E-state index in [2.05, 4.69) is 15.6 Å². The molecule has 0 unspecified atom stereocenters. The van der Waals surface area contributed by atoms with Crippen LogP contribution in [0.1, 0.15) is 21.6 Å². The number of oxime groups is 1. The zero-order chi connectivity index (χ0) is 15.6. The van der Waals surface area contributed by atoms with Crippen molar-refractivity contribution in [2.75, 3.05) is 5.32 Å². The van der Waals surface area contributed by atoms with Gasteiger partial charge in [-0.05, 0) is 25.1 Å². The lowest BCUT2D eigenvalue weighted by atomic mass is 10.1. The van der Waals surface area contributed by atoms with Crippen LogP contribution in [0.2, 0.25) is 0 Å². The van der Waals surface area contributed by atoms with Crippen LogP contribution in [0.25, 0.3) is 0 Å². The molecule has 0 aliphatic carbocycles. The van der Waals surface area contributed by atoms with Gasteiger partial charge in [-0.3, -0.25) is 9.48 Å². The highest BCUT2D eigenvalue weighted by Gasteiger charge is 2.15. The number of nitrogens with one attached hydrogen (secondary N) is 1. The smallest absolute Gasteiger partial charge is 0.259 e. The summed E-state index contributed by atoms with van der Waals surface area (Å²) in [5, 5.41) is 17.8. The van der Waals surface area contributed by atoms with Gasteiger partial charge >= 0.3 is 0 Å². The number of rotatable bonds is 3. The average Bonchev–Trinajstić information content (AvgIpc) is 2.79. The normalized spacial score (nSPS) is 11.5. The average molecular weight is 291 g/mol. The SMILES string of the molecule is Cc1nn(C)cc1C(=O)Nc1ccc(/C(N)=N/O)cc1F. The number of carbonyl (C=O) groups is 1. The van der Waals surface area contributed by atoms with E-state index in [0.717, 1.165) is 6.07 Å². The number of carbonyl (C=O) groups excluding carboxylic acids is 1. The molecule has 0 saturated carbocycles. The molecule has 21 heavy (non-hydrogen) atoms. The van der Waals surface area contributed by atoms with Crippen LogP contribution in [0.15, 0.2) is 29.6 Å². The third-order valence-corrected chi connectivity index (χ3v) is 2.88. The van der Waals surface area contributed by atoms with Gasteiger partial charge in [0, 0.05) is 18.8 Å². The van der Waals surface area contributed by atoms with Crippen LogP contribution in [-0.2, 0) is 7.05 Å². The number of hydrogen-bond acceptors (Lipinski definition) is 4. The number of nitrogens with two attached hydrogens (primary N) is 1. The molecule has 4 N–H and O–H groups in total. The second-order valence-electron chi connectivity index (χ2n) is 4.44. The number of benzene rings is 1. The fourth-order valence-electron chi connectivity index (χ4n) is 1.85. The Hall–Kier alpha value is -2.90. The summed E-state index contributed by atoms with van der Waals surface area (Å²) in [7, 11) is 1.69. The van der Waals surface area contributed by atoms with E-state index in [1.54, 1.807) is 20.2 Å². The van der Waals surface area contributed by atoms with Crippen LogP contribution in [-0.4, -0.2) is 26.7 Å². The quantitative estimate of drug-likeness (QED) is 0.342. The Morgan fingerprint density at radius 1 is 1.52 bits per heavy atom. The molecular weight excluding hydrogens is 277 g/mol. The molecule has 0 atom stereocenters. The lowest BCUT2D eigenvalue weighted by molar-refractivity contribution is 0.102. The lowest BCUT2D eigenvalue weighted by Gasteiger charge is -2.07. The van der Waals surface area contributed by atoms with E-state index in [9.17, 15) is 9.18 Å². The van der Waals surface area contributed by atoms with Crippen molar-refractivity contribution in [2.45, 2.75) is 6.92 Å². The Morgan fingerprint density at radius 2 is 2.24 bits per heavy atom. The van der Waals surface area contributed by atoms with Gasteiger partial charge in [-0.2, -0.15) is 5.10 Å². The van der Waals surface area contributed by atoms with Gasteiger partial charge < -0.3 is 16.3 Å². The van der Waals surface area contributed by atoms with Crippen LogP contribution in [0, 0.1) is 12.7 Å². The van der Waals surface area contributed by atoms with E-state index in [4.69, 9.17) is 10.9 Å². The molecular formula is C13H14FN5O2. The molecule has 8 heteroatoms. The van der Waals surface area contributed by atoms with Crippen LogP contribution >= 0.6 is 0 Å². The fraction of sp³-hybridized carbons (Fsp3) is 0.154. The van der Waals surface area contributed by atoms with E-state index in [0.29, 0.717) is 11.3 Å². The number of nitrogens with zero attached hydrogens (tertiary/aromatic N) is 3. The Labute approximate surface area is 119 Å². The summed E-state index contributed by atoms with van der Waals surface area (Å²) >= 11 is 0. The van der Waals surface area contributed by atoms with E-state index in [1.165, 1.54) is 16.8 Å². The van der Waals surface area contributed by atoms with Gasteiger partial charge in [0.1, 0.15) is 5.82 Å². The van der Waals surface area contributed by atoms with Gasteiger partial charge in [-0.25, -0.2) is 4.39 Å². The summed E-state index contributed by atoms with van der Waals surface area (Å²) in [4.78, 5) is 12.1. The molecule has 1 aromatic heterocycles. The summed E-state index contributed by atoms with van der Waals surface area (Å²) in [6, 6.07) is 3.84. The molecule has 1 heterocycles. The fourth-order valence-corrected chi connectivity index (χ4v) is 1.85. The van der Waals surface area contributed by atoms with Crippen LogP contribution < -0.4 is 11.1 Å². The predicted molar refractivity (Wildman–Crippen MR) is 74.8 cm³/mol. The Kier molecular flexibility index (Phi) is 3.88. The number of aromatic nitrogens is 2. The molecule has 0 radical (unpaired) electrons. The zero-order valence-electron chi connectivity index (χ0n) is 11.5. The first-order chi connectivity index (χ1) is 9.92. The molecule has 0 fully saturated rings. The monoisotopic (exact) mass is 291 g/mol. The molecule has 0 aliphatic rings. The van der Waals surface area contributed by atoms with Crippen molar-refractivity contribution >= 4 is 17.4 Å². The molecule has 7 nitrogen and oxygen atoms in total. The van der Waals surface area contributed by atoms with Crippen molar-refractivity contribution in [3.63, 3.8) is 0 Å². The van der Waals surface area contributed by atoms with Crippen molar-refractivity contribution in [1.29, 1.82) is 0 Å². The standard InChI is InChI=1S/C13H14FN5O2/c1-7-9(6-19(2)17-7)13(20)16-11-4-3-8(5-10(11)14)12(15)18-21/h3-6,21H,1-2H3,(H2,15,18)(H,16,20). The van der Waals surface area contributed by atoms with Crippen molar-refractivity contribution in [3.8, 4) is 0 Å². The summed E-state index contributed by atoms with van der Waals surface area (Å²) in [5.41, 5.74) is 6.48. The number of anilines is 1. The Morgan fingerprint density at radius 3 is 2.76 bits per heavy atom. The topological polar surface area (TPSA) is 106 Å². The highest BCUT2D eigenvalue weighted by molar-refractivity contribution is 6.05. The molecule has 2 aromatic rings. The van der Waals surface area contributed by atoms with Crippen LogP contribution in [0.5, 0.6) is 0 Å². The van der Waals surface area contributed by atoms with E-state index < -0.39 is 11.7 Å². The molecule has 0 aliphatic heterocycles. The molecule has 0 spiro atoms. The van der Waals surface area contributed by atoms with Crippen LogP contribution in [0.3, 0.4) is 0 Å². The van der Waals surface area contributed by atoms with Gasteiger partial charge in [0.05, 0.1) is 16.9 Å². The predicted octanol–water partition coefficient (Wildman–Crippen LogP) is 1.21. The van der Waals surface area contributed by atoms with Gasteiger partial charge in [0.2, 0.25) is 0 Å². The van der Waals surface area contributed by atoms with Crippen molar-refractivity contribution in [2.24, 2.45) is 17.9 Å². The van der Waals surface area contributed by atoms with Gasteiger partial charge in [-0.15, -0.1) is 0 Å². The molecule has 1 aromatic carbocycles. The van der Waals surface area contributed by atoms with E-state index in [-0.39, 0.29) is 17.1 Å². The minimum atomic E-state index is -0.686. The summed E-state index contributed by atoms with van der Waals surface area (Å²) in [6.07, 6.45) is 1.55. The van der Waals surface area contributed by atoms with Gasteiger partial charge in [-0.1, -0.05) is 5.16 Å². The third kappa shape index (κ3) is 2.99. The maximum Gasteiger partial charge on any atom is 0.259 e. The molecule has 1 amide bonds. The third-order valence-electron chi connectivity index (χ3n) is 2.88. The maximum absolute atomic E-state index is 13.9. The van der Waals surface area contributed by atoms with Crippen molar-refractivity contribution in [3.05, 3.63) is 47.0 Å². The van der Waals surface area contributed by atoms with E-state index in [1.807, 2.05) is 0 Å². The number of aryl methyl sites for hydroxylation is 2. The Bertz CT molecular complexity index is 723. The minimum absolute atomic E-state index is 0.00209. The van der Waals surface area contributed by atoms with Gasteiger partial charge in [0.25, 0.3) is 5.91 Å². The highest BCUT2D eigenvalue weighted by atomic mass is 19.1. The number of amides is 1. The molecule has 0 saturated heterocycles. The maximum atomic E-state index is 13.9. The second kappa shape index (κ2) is 5.61. The Balaban J connectivity index is 2.24. The minimum Gasteiger partial charge on any atom is -0.409 e. The summed E-state index contributed by atoms with van der Waals surface area (Å²) in [6.45, 7) is 1.69. The van der Waals surface area contributed by atoms with Gasteiger partial charge in [0.15, 0.2) is 5.84 Å². The first kappa shape index (κ1) is 14.5. The number of halogens is 1. The molecule has 110 valence electrons. The molecule has 0 bridgehead atoms. The zero-order valence-corrected chi connectivity index (χ0v) is 11.5. The number of amidine groups is 1. The largest absolute Gasteiger partial charge is 0.409 e. The first-order valence-electron chi connectivity index (χ1n) is 6.01. The first-order valence-corrected chi connectivity index (χ1v) is 6.01. The number of hydrogen-bond donors (Lipinski definition) is 3. The van der Waals surface area contributed by atoms with Crippen molar-refractivity contribution in [1.82, 2.24) is 9.78 Å². The lowest BCUT2D eigenvalue weighted by Crippen LogP contribution is -2.16. The molecule has 2 rings (SSSR count). The van der Waals surface area contributed by atoms with Crippen molar-refractivity contribution < 1.29 is 14.4 Å². The van der Waals surface area contributed by atoms with E-state index >= 15 is 0 Å². The van der Waals surface area contributed by atoms with Crippen LogP contribution in [0.4, 0.5) is 10.1 Å². The second-order valence-corrected chi connectivity index (χ2v) is 4.44. The highest BCUT2D eigenvalue weighted by Crippen LogP contribution is 2.17.